The minimum absolute atomic E-state index is 0.120. The lowest BCUT2D eigenvalue weighted by Gasteiger charge is -2.28. The van der Waals surface area contributed by atoms with Crippen LogP contribution in [0.3, 0.4) is 0 Å². The number of hydrogen-bond acceptors (Lipinski definition) is 4. The third-order valence-electron chi connectivity index (χ3n) is 2.46. The lowest BCUT2D eigenvalue weighted by atomic mass is 10.2. The van der Waals surface area contributed by atoms with Crippen LogP contribution in [-0.4, -0.2) is 47.6 Å². The van der Waals surface area contributed by atoms with E-state index in [0.717, 1.165) is 5.57 Å². The molecule has 0 saturated carbocycles. The summed E-state index contributed by atoms with van der Waals surface area (Å²) < 4.78 is 10.3. The monoisotopic (exact) mass is 289 g/mol. The predicted octanol–water partition coefficient (Wildman–Crippen LogP) is 2.33. The Kier molecular flexibility index (Phi) is 5.23. The van der Waals surface area contributed by atoms with Crippen LogP contribution in [0, 0.1) is 0 Å². The molecule has 0 aromatic heterocycles. The largest absolute Gasteiger partial charge is 0.463 e. The fourth-order valence-corrected chi connectivity index (χ4v) is 1.87. The van der Waals surface area contributed by atoms with Crippen molar-refractivity contribution in [1.82, 2.24) is 4.90 Å². The summed E-state index contributed by atoms with van der Waals surface area (Å²) in [6, 6.07) is -0.313. The van der Waals surface area contributed by atoms with E-state index < -0.39 is 11.7 Å². The van der Waals surface area contributed by atoms with E-state index in [0.29, 0.717) is 12.4 Å². The van der Waals surface area contributed by atoms with E-state index in [9.17, 15) is 9.59 Å². The maximum Gasteiger partial charge on any atom is 0.411 e. The van der Waals surface area contributed by atoms with Gasteiger partial charge in [0.1, 0.15) is 12.2 Å². The normalized spacial score (nSPS) is 19.1. The van der Waals surface area contributed by atoms with Crippen molar-refractivity contribution >= 4 is 23.7 Å². The molecule has 1 aliphatic rings. The molecule has 0 aliphatic carbocycles. The smallest absolute Gasteiger partial charge is 0.411 e. The van der Waals surface area contributed by atoms with Crippen LogP contribution in [0.15, 0.2) is 11.6 Å². The average molecular weight is 290 g/mol. The molecule has 5 nitrogen and oxygen atoms in total. The number of ether oxygens (including phenoxy) is 2. The highest BCUT2D eigenvalue weighted by Gasteiger charge is 2.32. The lowest BCUT2D eigenvalue weighted by molar-refractivity contribution is -0.142. The van der Waals surface area contributed by atoms with Gasteiger partial charge in [0, 0.05) is 19.3 Å². The number of hydrogen-bond donors (Lipinski definition) is 0. The van der Waals surface area contributed by atoms with Gasteiger partial charge < -0.3 is 9.47 Å². The van der Waals surface area contributed by atoms with Crippen LogP contribution < -0.4 is 0 Å². The van der Waals surface area contributed by atoms with E-state index in [1.54, 1.807) is 20.8 Å². The van der Waals surface area contributed by atoms with Crippen molar-refractivity contribution in [1.29, 1.82) is 0 Å². The molecule has 0 saturated heterocycles. The SMILES string of the molecule is CC(=O)OCC1C=C(CCl)CN1C(=O)OC(C)(C)C. The van der Waals surface area contributed by atoms with Gasteiger partial charge in [0.2, 0.25) is 0 Å². The summed E-state index contributed by atoms with van der Waals surface area (Å²) in [4.78, 5) is 24.4. The first kappa shape index (κ1) is 15.8. The van der Waals surface area contributed by atoms with Crippen molar-refractivity contribution in [2.45, 2.75) is 39.3 Å². The Morgan fingerprint density at radius 2 is 2.11 bits per heavy atom. The molecule has 0 spiro atoms. The Hall–Kier alpha value is -1.23. The molecule has 1 atom stereocenters. The van der Waals surface area contributed by atoms with Gasteiger partial charge in [0.15, 0.2) is 0 Å². The second-order valence-electron chi connectivity index (χ2n) is 5.44. The quantitative estimate of drug-likeness (QED) is 0.455. The number of amides is 1. The highest BCUT2D eigenvalue weighted by molar-refractivity contribution is 6.19. The van der Waals surface area contributed by atoms with Crippen LogP contribution in [0.1, 0.15) is 27.7 Å². The number of esters is 1. The summed E-state index contributed by atoms with van der Waals surface area (Å²) in [6.07, 6.45) is 1.42. The Bertz CT molecular complexity index is 387. The van der Waals surface area contributed by atoms with Crippen molar-refractivity contribution in [3.8, 4) is 0 Å². The van der Waals surface area contributed by atoms with Gasteiger partial charge >= 0.3 is 12.1 Å². The van der Waals surface area contributed by atoms with Gasteiger partial charge in [0.25, 0.3) is 0 Å². The molecule has 1 unspecified atom stereocenters. The first-order valence-electron chi connectivity index (χ1n) is 6.11. The zero-order valence-corrected chi connectivity index (χ0v) is 12.5. The van der Waals surface area contributed by atoms with E-state index in [2.05, 4.69) is 0 Å². The van der Waals surface area contributed by atoms with Gasteiger partial charge in [-0.25, -0.2) is 4.79 Å². The highest BCUT2D eigenvalue weighted by atomic mass is 35.5. The molecule has 0 radical (unpaired) electrons. The van der Waals surface area contributed by atoms with Gasteiger partial charge in [-0.1, -0.05) is 6.08 Å². The maximum absolute atomic E-state index is 12.1. The number of rotatable bonds is 3. The number of carbonyl (C=O) groups is 2. The topological polar surface area (TPSA) is 55.8 Å². The predicted molar refractivity (Wildman–Crippen MR) is 72.2 cm³/mol. The third kappa shape index (κ3) is 5.11. The molecule has 1 rings (SSSR count). The summed E-state index contributed by atoms with van der Waals surface area (Å²) in [6.45, 7) is 7.27. The molecule has 0 aromatic rings. The summed E-state index contributed by atoms with van der Waals surface area (Å²) >= 11 is 5.78. The van der Waals surface area contributed by atoms with Gasteiger partial charge in [-0.2, -0.15) is 0 Å². The molecule has 0 aromatic carbocycles. The van der Waals surface area contributed by atoms with Gasteiger partial charge in [0.05, 0.1) is 6.04 Å². The zero-order valence-electron chi connectivity index (χ0n) is 11.7. The molecule has 1 amide bonds. The van der Waals surface area contributed by atoms with Crippen LogP contribution >= 0.6 is 11.6 Å². The molecular formula is C13H20ClNO4. The number of halogens is 1. The number of alkyl halides is 1. The standard InChI is InChI=1S/C13H20ClNO4/c1-9(16)18-8-11-5-10(6-14)7-15(11)12(17)19-13(2,3)4/h5,11H,6-8H2,1-4H3. The Labute approximate surface area is 118 Å². The van der Waals surface area contributed by atoms with Crippen LogP contribution in [0.4, 0.5) is 4.79 Å². The zero-order chi connectivity index (χ0) is 14.6. The Morgan fingerprint density at radius 3 is 2.58 bits per heavy atom. The molecule has 0 bridgehead atoms. The van der Waals surface area contributed by atoms with Gasteiger partial charge in [-0.05, 0) is 26.3 Å². The summed E-state index contributed by atoms with van der Waals surface area (Å²) in [5.74, 6) is -0.0348. The van der Waals surface area contributed by atoms with Crippen LogP contribution in [0.25, 0.3) is 0 Å². The molecule has 108 valence electrons. The first-order valence-corrected chi connectivity index (χ1v) is 6.65. The van der Waals surface area contributed by atoms with Crippen molar-refractivity contribution < 1.29 is 19.1 Å². The fourth-order valence-electron chi connectivity index (χ4n) is 1.70. The average Bonchev–Trinajstić information content (AvgIpc) is 2.67. The second-order valence-corrected chi connectivity index (χ2v) is 5.70. The van der Waals surface area contributed by atoms with Gasteiger partial charge in [-0.3, -0.25) is 9.69 Å². The second kappa shape index (κ2) is 6.28. The third-order valence-corrected chi connectivity index (χ3v) is 2.80. The van der Waals surface area contributed by atoms with Crippen molar-refractivity contribution in [3.63, 3.8) is 0 Å². The molecule has 1 heterocycles. The van der Waals surface area contributed by atoms with E-state index in [-0.39, 0.29) is 18.6 Å². The van der Waals surface area contributed by atoms with E-state index >= 15 is 0 Å². The molecule has 1 aliphatic heterocycles. The Morgan fingerprint density at radius 1 is 1.47 bits per heavy atom. The van der Waals surface area contributed by atoms with E-state index in [1.165, 1.54) is 11.8 Å². The van der Waals surface area contributed by atoms with Crippen LogP contribution in [0.5, 0.6) is 0 Å². The van der Waals surface area contributed by atoms with E-state index in [4.69, 9.17) is 21.1 Å². The highest BCUT2D eigenvalue weighted by Crippen LogP contribution is 2.21. The van der Waals surface area contributed by atoms with Crippen molar-refractivity contribution in [2.75, 3.05) is 19.0 Å². The summed E-state index contributed by atoms with van der Waals surface area (Å²) in [7, 11) is 0. The maximum atomic E-state index is 12.1. The minimum Gasteiger partial charge on any atom is -0.463 e. The number of nitrogens with zero attached hydrogens (tertiary/aromatic N) is 1. The van der Waals surface area contributed by atoms with Gasteiger partial charge in [-0.15, -0.1) is 11.6 Å². The number of carbonyl (C=O) groups excluding carboxylic acids is 2. The molecule has 19 heavy (non-hydrogen) atoms. The Balaban J connectivity index is 2.70. The molecular weight excluding hydrogens is 270 g/mol. The van der Waals surface area contributed by atoms with E-state index in [1.807, 2.05) is 6.08 Å². The van der Waals surface area contributed by atoms with Crippen LogP contribution in [0.2, 0.25) is 0 Å². The van der Waals surface area contributed by atoms with Crippen molar-refractivity contribution in [3.05, 3.63) is 11.6 Å². The fraction of sp³-hybridized carbons (Fsp3) is 0.692. The minimum atomic E-state index is -0.563. The summed E-state index contributed by atoms with van der Waals surface area (Å²) in [5, 5.41) is 0. The first-order chi connectivity index (χ1) is 8.73. The summed E-state index contributed by atoms with van der Waals surface area (Å²) in [5.41, 5.74) is 0.358. The van der Waals surface area contributed by atoms with Crippen molar-refractivity contribution in [2.24, 2.45) is 0 Å². The lowest BCUT2D eigenvalue weighted by Crippen LogP contribution is -2.42. The molecule has 6 heteroatoms. The molecule has 0 fully saturated rings. The van der Waals surface area contributed by atoms with Crippen LogP contribution in [-0.2, 0) is 14.3 Å². The molecule has 0 N–H and O–H groups in total.